The zero-order valence-electron chi connectivity index (χ0n) is 15.5. The molecule has 2 heterocycles. The minimum Gasteiger partial charge on any atom is -0.441 e. The maximum atomic E-state index is 12.8. The fraction of sp³-hybridized carbons (Fsp3) is 0.130. The molecule has 1 aliphatic rings. The van der Waals surface area contributed by atoms with E-state index in [1.54, 1.807) is 12.1 Å². The number of aromatic nitrogens is 1. The number of amides is 1. The number of cyclic esters (lactones) is 1. The minimum atomic E-state index is -0.551. The number of hydrogen-bond acceptors (Lipinski definition) is 4. The number of anilines is 1. The molecule has 0 aliphatic carbocycles. The topological polar surface area (TPSA) is 82.6 Å². The number of nitrogens with zero attached hydrogens (tertiary/aromatic N) is 1. The van der Waals surface area contributed by atoms with Gasteiger partial charge in [-0.1, -0.05) is 48.5 Å². The zero-order valence-corrected chi connectivity index (χ0v) is 15.5. The first-order valence-corrected chi connectivity index (χ1v) is 9.38. The number of aliphatic hydroxyl groups is 1. The summed E-state index contributed by atoms with van der Waals surface area (Å²) in [6, 6.07) is 21.3. The fourth-order valence-electron chi connectivity index (χ4n) is 3.85. The highest BCUT2D eigenvalue weighted by Crippen LogP contribution is 2.30. The maximum absolute atomic E-state index is 12.8. The second kappa shape index (κ2) is 6.76. The monoisotopic (exact) mass is 386 g/mol. The van der Waals surface area contributed by atoms with Gasteiger partial charge in [0.15, 0.2) is 0 Å². The molecule has 3 aromatic carbocycles. The summed E-state index contributed by atoms with van der Waals surface area (Å²) in [6.45, 7) is 0.0254. The molecule has 4 aromatic rings. The van der Waals surface area contributed by atoms with Crippen molar-refractivity contribution in [2.24, 2.45) is 0 Å². The molecule has 1 amide bonds. The Morgan fingerprint density at radius 3 is 2.62 bits per heavy atom. The van der Waals surface area contributed by atoms with E-state index in [-0.39, 0.29) is 18.7 Å². The Hall–Kier alpha value is -3.64. The number of pyridine rings is 1. The lowest BCUT2D eigenvalue weighted by molar-refractivity contribution is 0.0963. The summed E-state index contributed by atoms with van der Waals surface area (Å²) < 4.78 is 5.09. The lowest BCUT2D eigenvalue weighted by Gasteiger charge is -2.14. The standard InChI is InChI=1S/C23H18N2O4/c26-13-17-12-25(23(28)29-17)16-9-8-15-10-21(24-22(27)20(15)11-16)19-7-3-5-14-4-1-2-6-18(14)19/h1-11,17,26H,12-13H2,(H,24,27)/t17-/m1/s1. The predicted octanol–water partition coefficient (Wildman–Crippen LogP) is 3.67. The van der Waals surface area contributed by atoms with Crippen LogP contribution in [0.25, 0.3) is 32.8 Å². The SMILES string of the molecule is O=C1O[C@@H](CO)CN1c1ccc2cc(-c3cccc4ccccc34)[nH]c(=O)c2c1. The lowest BCUT2D eigenvalue weighted by atomic mass is 10.0. The molecule has 0 saturated carbocycles. The first-order valence-electron chi connectivity index (χ1n) is 9.38. The third-order valence-corrected chi connectivity index (χ3v) is 5.30. The van der Waals surface area contributed by atoms with Gasteiger partial charge in [-0.05, 0) is 34.4 Å². The van der Waals surface area contributed by atoms with Gasteiger partial charge in [-0.2, -0.15) is 0 Å². The van der Waals surface area contributed by atoms with E-state index in [4.69, 9.17) is 4.74 Å². The van der Waals surface area contributed by atoms with E-state index in [1.165, 1.54) is 4.90 Å². The average molecular weight is 386 g/mol. The molecule has 1 saturated heterocycles. The largest absolute Gasteiger partial charge is 0.441 e. The number of hydrogen-bond donors (Lipinski definition) is 2. The van der Waals surface area contributed by atoms with Crippen molar-refractivity contribution >= 4 is 33.3 Å². The normalized spacial score (nSPS) is 16.5. The summed E-state index contributed by atoms with van der Waals surface area (Å²) in [5, 5.41) is 12.7. The van der Waals surface area contributed by atoms with Crippen LogP contribution < -0.4 is 10.5 Å². The number of aromatic amines is 1. The number of fused-ring (bicyclic) bond motifs is 2. The number of nitrogens with one attached hydrogen (secondary N) is 1. The van der Waals surface area contributed by atoms with Crippen LogP contribution >= 0.6 is 0 Å². The van der Waals surface area contributed by atoms with Crippen molar-refractivity contribution in [2.75, 3.05) is 18.1 Å². The first kappa shape index (κ1) is 17.5. The molecule has 1 atom stereocenters. The molecule has 1 aromatic heterocycles. The van der Waals surface area contributed by atoms with Gasteiger partial charge in [0.25, 0.3) is 5.56 Å². The van der Waals surface area contributed by atoms with Crippen LogP contribution in [0.4, 0.5) is 10.5 Å². The fourth-order valence-corrected chi connectivity index (χ4v) is 3.85. The Morgan fingerprint density at radius 2 is 1.79 bits per heavy atom. The molecule has 0 bridgehead atoms. The van der Waals surface area contributed by atoms with Crippen LogP contribution in [0.15, 0.2) is 71.5 Å². The third-order valence-electron chi connectivity index (χ3n) is 5.30. The van der Waals surface area contributed by atoms with E-state index in [2.05, 4.69) is 4.98 Å². The van der Waals surface area contributed by atoms with Crippen LogP contribution in [-0.2, 0) is 4.74 Å². The summed E-state index contributed by atoms with van der Waals surface area (Å²) in [5.41, 5.74) is 2.05. The Kier molecular flexibility index (Phi) is 4.07. The van der Waals surface area contributed by atoms with E-state index < -0.39 is 12.2 Å². The van der Waals surface area contributed by atoms with E-state index in [1.807, 2.05) is 54.6 Å². The van der Waals surface area contributed by atoms with Crippen LogP contribution in [-0.4, -0.2) is 35.4 Å². The van der Waals surface area contributed by atoms with Gasteiger partial charge >= 0.3 is 6.09 Å². The van der Waals surface area contributed by atoms with Crippen LogP contribution in [0.2, 0.25) is 0 Å². The van der Waals surface area contributed by atoms with Crippen molar-refractivity contribution < 1.29 is 14.6 Å². The molecule has 2 N–H and O–H groups in total. The maximum Gasteiger partial charge on any atom is 0.414 e. The van der Waals surface area contributed by atoms with Crippen molar-refractivity contribution in [3.8, 4) is 11.3 Å². The Bertz CT molecular complexity index is 1310. The minimum absolute atomic E-state index is 0.224. The number of ether oxygens (including phenoxy) is 1. The van der Waals surface area contributed by atoms with E-state index in [9.17, 15) is 14.7 Å². The predicted molar refractivity (Wildman–Crippen MR) is 112 cm³/mol. The molecule has 1 aliphatic heterocycles. The van der Waals surface area contributed by atoms with Crippen LogP contribution in [0.5, 0.6) is 0 Å². The Morgan fingerprint density at radius 1 is 0.966 bits per heavy atom. The molecule has 6 heteroatoms. The molecule has 5 rings (SSSR count). The van der Waals surface area contributed by atoms with Crippen LogP contribution in [0, 0.1) is 0 Å². The van der Waals surface area contributed by atoms with Crippen LogP contribution in [0.1, 0.15) is 0 Å². The smallest absolute Gasteiger partial charge is 0.414 e. The van der Waals surface area contributed by atoms with Gasteiger partial charge in [0, 0.05) is 22.3 Å². The highest BCUT2D eigenvalue weighted by Gasteiger charge is 2.31. The number of carbonyl (C=O) groups excluding carboxylic acids is 1. The van der Waals surface area contributed by atoms with Gasteiger partial charge in [-0.15, -0.1) is 0 Å². The molecule has 1 fully saturated rings. The highest BCUT2D eigenvalue weighted by molar-refractivity contribution is 5.99. The van der Waals surface area contributed by atoms with Gasteiger partial charge < -0.3 is 14.8 Å². The number of benzene rings is 3. The number of carbonyl (C=O) groups is 1. The Balaban J connectivity index is 1.61. The molecule has 0 radical (unpaired) electrons. The van der Waals surface area contributed by atoms with Crippen LogP contribution in [0.3, 0.4) is 0 Å². The van der Waals surface area contributed by atoms with Gasteiger partial charge in [-0.25, -0.2) is 4.79 Å². The Labute approximate surface area is 166 Å². The summed E-state index contributed by atoms with van der Waals surface area (Å²) in [5.74, 6) is 0. The van der Waals surface area contributed by atoms with Crippen molar-refractivity contribution in [3.63, 3.8) is 0 Å². The average Bonchev–Trinajstić information content (AvgIpc) is 3.14. The summed E-state index contributed by atoms with van der Waals surface area (Å²) in [6.07, 6.45) is -1.07. The highest BCUT2D eigenvalue weighted by atomic mass is 16.6. The molecule has 0 unspecified atom stereocenters. The van der Waals surface area contributed by atoms with Crippen molar-refractivity contribution in [1.82, 2.24) is 4.98 Å². The zero-order chi connectivity index (χ0) is 20.0. The lowest BCUT2D eigenvalue weighted by Crippen LogP contribution is -2.25. The van der Waals surface area contributed by atoms with E-state index in [0.717, 1.165) is 27.4 Å². The molecule has 29 heavy (non-hydrogen) atoms. The molecule has 144 valence electrons. The quantitative estimate of drug-likeness (QED) is 0.563. The summed E-state index contributed by atoms with van der Waals surface area (Å²) in [4.78, 5) is 29.3. The van der Waals surface area contributed by atoms with Gasteiger partial charge in [0.2, 0.25) is 0 Å². The molecule has 6 nitrogen and oxygen atoms in total. The van der Waals surface area contributed by atoms with Crippen molar-refractivity contribution in [1.29, 1.82) is 0 Å². The molecular formula is C23H18N2O4. The second-order valence-electron chi connectivity index (χ2n) is 7.11. The van der Waals surface area contributed by atoms with Gasteiger partial charge in [0.05, 0.1) is 13.2 Å². The number of H-pyrrole nitrogens is 1. The number of aliphatic hydroxyl groups excluding tert-OH is 1. The summed E-state index contributed by atoms with van der Waals surface area (Å²) >= 11 is 0. The van der Waals surface area contributed by atoms with Gasteiger partial charge in [0.1, 0.15) is 6.10 Å². The van der Waals surface area contributed by atoms with Crippen molar-refractivity contribution in [2.45, 2.75) is 6.10 Å². The van der Waals surface area contributed by atoms with Gasteiger partial charge in [-0.3, -0.25) is 9.69 Å². The second-order valence-corrected chi connectivity index (χ2v) is 7.11. The third kappa shape index (κ3) is 2.94. The molecule has 0 spiro atoms. The van der Waals surface area contributed by atoms with Crippen molar-refractivity contribution in [3.05, 3.63) is 77.1 Å². The number of rotatable bonds is 3. The van der Waals surface area contributed by atoms with E-state index >= 15 is 0 Å². The first-order chi connectivity index (χ1) is 14.1. The molecular weight excluding hydrogens is 368 g/mol. The van der Waals surface area contributed by atoms with E-state index in [0.29, 0.717) is 11.1 Å². The summed E-state index contributed by atoms with van der Waals surface area (Å²) in [7, 11) is 0.